The third-order valence-electron chi connectivity index (χ3n) is 4.13. The number of carboxylic acids is 1. The SMILES string of the molecule is CC(=O)Nc1cc(NC(C)=O)c2nc(CN(C)c3ccc(C(=O)O)cc3)cnc2n1. The molecule has 154 valence electrons. The van der Waals surface area contributed by atoms with Crippen LogP contribution in [0.5, 0.6) is 0 Å². The van der Waals surface area contributed by atoms with Crippen LogP contribution in [0.1, 0.15) is 29.9 Å². The van der Waals surface area contributed by atoms with Gasteiger partial charge in [0.25, 0.3) is 0 Å². The van der Waals surface area contributed by atoms with Crippen LogP contribution in [0.2, 0.25) is 0 Å². The van der Waals surface area contributed by atoms with Crippen LogP contribution in [-0.4, -0.2) is 44.9 Å². The summed E-state index contributed by atoms with van der Waals surface area (Å²) in [6, 6.07) is 8.01. The molecule has 0 bridgehead atoms. The number of anilines is 3. The standard InChI is InChI=1S/C20H20N6O4/c1-11(27)22-16-8-17(23-12(2)28)25-19-18(16)24-14(9-21-19)10-26(3)15-6-4-13(5-7-15)20(29)30/h4-9H,10H2,1-3H3,(H,29,30)(H2,21,22,23,25,27,28). The van der Waals surface area contributed by atoms with E-state index < -0.39 is 5.97 Å². The number of hydrogen-bond donors (Lipinski definition) is 3. The van der Waals surface area contributed by atoms with Gasteiger partial charge in [0, 0.05) is 32.6 Å². The molecule has 0 unspecified atom stereocenters. The van der Waals surface area contributed by atoms with Gasteiger partial charge in [-0.25, -0.2) is 19.7 Å². The van der Waals surface area contributed by atoms with Crippen molar-refractivity contribution in [3.05, 3.63) is 47.8 Å². The monoisotopic (exact) mass is 408 g/mol. The zero-order chi connectivity index (χ0) is 21.8. The van der Waals surface area contributed by atoms with Crippen molar-refractivity contribution in [3.63, 3.8) is 0 Å². The van der Waals surface area contributed by atoms with Crippen molar-refractivity contribution in [2.45, 2.75) is 20.4 Å². The van der Waals surface area contributed by atoms with E-state index in [4.69, 9.17) is 5.11 Å². The van der Waals surface area contributed by atoms with Gasteiger partial charge in [-0.15, -0.1) is 0 Å². The number of benzene rings is 1. The maximum absolute atomic E-state index is 11.6. The van der Waals surface area contributed by atoms with Gasteiger partial charge in [0.05, 0.1) is 29.7 Å². The summed E-state index contributed by atoms with van der Waals surface area (Å²) in [6.45, 7) is 3.12. The molecule has 0 fully saturated rings. The van der Waals surface area contributed by atoms with Crippen LogP contribution in [0.25, 0.3) is 11.2 Å². The fourth-order valence-electron chi connectivity index (χ4n) is 2.83. The van der Waals surface area contributed by atoms with Gasteiger partial charge in [0.1, 0.15) is 11.3 Å². The van der Waals surface area contributed by atoms with Crippen LogP contribution in [0.3, 0.4) is 0 Å². The van der Waals surface area contributed by atoms with Gasteiger partial charge in [0.15, 0.2) is 5.65 Å². The Labute approximate surface area is 172 Å². The Balaban J connectivity index is 1.91. The molecule has 3 N–H and O–H groups in total. The summed E-state index contributed by atoms with van der Waals surface area (Å²) >= 11 is 0. The maximum atomic E-state index is 11.6. The highest BCUT2D eigenvalue weighted by atomic mass is 16.4. The highest BCUT2D eigenvalue weighted by Crippen LogP contribution is 2.24. The highest BCUT2D eigenvalue weighted by molar-refractivity contribution is 5.99. The predicted molar refractivity (Wildman–Crippen MR) is 111 cm³/mol. The molecule has 3 aromatic rings. The van der Waals surface area contributed by atoms with Crippen molar-refractivity contribution in [2.24, 2.45) is 0 Å². The lowest BCUT2D eigenvalue weighted by atomic mass is 10.2. The van der Waals surface area contributed by atoms with Crippen LogP contribution in [0.4, 0.5) is 17.2 Å². The zero-order valence-electron chi connectivity index (χ0n) is 16.6. The average molecular weight is 408 g/mol. The lowest BCUT2D eigenvalue weighted by molar-refractivity contribution is -0.115. The van der Waals surface area contributed by atoms with Gasteiger partial charge in [0.2, 0.25) is 11.8 Å². The maximum Gasteiger partial charge on any atom is 0.335 e. The summed E-state index contributed by atoms with van der Waals surface area (Å²) in [5, 5.41) is 14.3. The first-order valence-corrected chi connectivity index (χ1v) is 8.99. The van der Waals surface area contributed by atoms with E-state index in [0.29, 0.717) is 23.4 Å². The van der Waals surface area contributed by atoms with Gasteiger partial charge in [-0.1, -0.05) is 0 Å². The molecule has 2 amide bonds. The minimum Gasteiger partial charge on any atom is -0.478 e. The quantitative estimate of drug-likeness (QED) is 0.565. The lowest BCUT2D eigenvalue weighted by Gasteiger charge is -2.19. The fraction of sp³-hybridized carbons (Fsp3) is 0.200. The van der Waals surface area contributed by atoms with Gasteiger partial charge in [-0.2, -0.15) is 0 Å². The van der Waals surface area contributed by atoms with Gasteiger partial charge in [-0.3, -0.25) is 9.59 Å². The molecule has 3 rings (SSSR count). The molecule has 2 heterocycles. The Hall–Kier alpha value is -4.08. The molecule has 0 aliphatic rings. The number of hydrogen-bond acceptors (Lipinski definition) is 7. The molecule has 30 heavy (non-hydrogen) atoms. The Morgan fingerprint density at radius 2 is 1.70 bits per heavy atom. The first-order valence-electron chi connectivity index (χ1n) is 8.99. The van der Waals surface area contributed by atoms with E-state index in [1.165, 1.54) is 32.0 Å². The number of carbonyl (C=O) groups excluding carboxylic acids is 2. The minimum atomic E-state index is -0.985. The van der Waals surface area contributed by atoms with Crippen LogP contribution in [0, 0.1) is 0 Å². The molecule has 0 spiro atoms. The largest absolute Gasteiger partial charge is 0.478 e. The number of amides is 2. The van der Waals surface area contributed by atoms with Crippen LogP contribution in [0.15, 0.2) is 36.5 Å². The molecule has 0 aliphatic heterocycles. The Kier molecular flexibility index (Phi) is 5.86. The van der Waals surface area contributed by atoms with Gasteiger partial charge in [-0.05, 0) is 24.3 Å². The number of carboxylic acid groups (broad SMARTS) is 1. The fourth-order valence-corrected chi connectivity index (χ4v) is 2.83. The van der Waals surface area contributed by atoms with Crippen molar-refractivity contribution in [1.29, 1.82) is 0 Å². The number of pyridine rings is 1. The summed E-state index contributed by atoms with van der Waals surface area (Å²) in [5.74, 6) is -1.31. The minimum absolute atomic E-state index is 0.207. The Morgan fingerprint density at radius 1 is 1.03 bits per heavy atom. The van der Waals surface area contributed by atoms with Crippen molar-refractivity contribution < 1.29 is 19.5 Å². The number of nitrogens with zero attached hydrogens (tertiary/aromatic N) is 4. The van der Waals surface area contributed by atoms with Crippen molar-refractivity contribution in [1.82, 2.24) is 15.0 Å². The summed E-state index contributed by atoms with van der Waals surface area (Å²) < 4.78 is 0. The van der Waals surface area contributed by atoms with Crippen molar-refractivity contribution in [3.8, 4) is 0 Å². The van der Waals surface area contributed by atoms with E-state index in [1.54, 1.807) is 18.3 Å². The summed E-state index contributed by atoms with van der Waals surface area (Å²) in [4.78, 5) is 49.0. The molecule has 0 saturated heterocycles. The molecule has 10 nitrogen and oxygen atoms in total. The first-order chi connectivity index (χ1) is 14.2. The highest BCUT2D eigenvalue weighted by Gasteiger charge is 2.13. The molecule has 0 saturated carbocycles. The van der Waals surface area contributed by atoms with Crippen molar-refractivity contribution >= 4 is 46.1 Å². The van der Waals surface area contributed by atoms with E-state index in [0.717, 1.165) is 5.69 Å². The van der Waals surface area contributed by atoms with Crippen LogP contribution >= 0.6 is 0 Å². The lowest BCUT2D eigenvalue weighted by Crippen LogP contribution is -2.18. The number of carbonyl (C=O) groups is 3. The number of aromatic carboxylic acids is 1. The smallest absolute Gasteiger partial charge is 0.335 e. The molecule has 0 atom stereocenters. The van der Waals surface area contributed by atoms with Crippen LogP contribution < -0.4 is 15.5 Å². The number of rotatable bonds is 6. The van der Waals surface area contributed by atoms with E-state index in [1.807, 2.05) is 11.9 Å². The molecule has 2 aromatic heterocycles. The summed E-state index contributed by atoms with van der Waals surface area (Å²) in [7, 11) is 1.84. The normalized spacial score (nSPS) is 10.5. The third-order valence-corrected chi connectivity index (χ3v) is 4.13. The number of aromatic nitrogens is 3. The molecular weight excluding hydrogens is 388 g/mol. The summed E-state index contributed by atoms with van der Waals surface area (Å²) in [5.41, 5.74) is 2.70. The van der Waals surface area contributed by atoms with Gasteiger partial charge < -0.3 is 20.6 Å². The Bertz CT molecular complexity index is 1130. The second-order valence-corrected chi connectivity index (χ2v) is 6.66. The third kappa shape index (κ3) is 4.85. The zero-order valence-corrected chi connectivity index (χ0v) is 16.6. The first kappa shape index (κ1) is 20.6. The van der Waals surface area contributed by atoms with E-state index in [2.05, 4.69) is 25.6 Å². The van der Waals surface area contributed by atoms with E-state index >= 15 is 0 Å². The van der Waals surface area contributed by atoms with Crippen LogP contribution in [-0.2, 0) is 16.1 Å². The molecular formula is C20H20N6O4. The average Bonchev–Trinajstić information content (AvgIpc) is 2.67. The topological polar surface area (TPSA) is 137 Å². The predicted octanol–water partition coefficient (Wildman–Crippen LogP) is 2.28. The number of nitrogens with one attached hydrogen (secondary N) is 2. The molecule has 0 aliphatic carbocycles. The van der Waals surface area contributed by atoms with E-state index in [-0.39, 0.29) is 28.8 Å². The molecule has 10 heteroatoms. The van der Waals surface area contributed by atoms with Crippen molar-refractivity contribution in [2.75, 3.05) is 22.6 Å². The molecule has 0 radical (unpaired) electrons. The second-order valence-electron chi connectivity index (χ2n) is 6.66. The Morgan fingerprint density at radius 3 is 2.30 bits per heavy atom. The second kappa shape index (κ2) is 8.52. The number of fused-ring (bicyclic) bond motifs is 1. The van der Waals surface area contributed by atoms with Gasteiger partial charge >= 0.3 is 5.97 Å². The molecule has 1 aromatic carbocycles. The summed E-state index contributed by atoms with van der Waals surface area (Å²) in [6.07, 6.45) is 1.56. The van der Waals surface area contributed by atoms with E-state index in [9.17, 15) is 14.4 Å².